The van der Waals surface area contributed by atoms with Crippen LogP contribution in [0.1, 0.15) is 31.2 Å². The molecule has 0 unspecified atom stereocenters. The summed E-state index contributed by atoms with van der Waals surface area (Å²) in [4.78, 5) is 21.9. The number of carbonyl (C=O) groups excluding carboxylic acids is 1. The lowest BCUT2D eigenvalue weighted by Crippen LogP contribution is -2.47. The molecule has 8 nitrogen and oxygen atoms in total. The van der Waals surface area contributed by atoms with Gasteiger partial charge in [0.25, 0.3) is 0 Å². The largest absolute Gasteiger partial charge is 0.462 e. The first-order chi connectivity index (χ1) is 16.9. The zero-order valence-corrected chi connectivity index (χ0v) is 21.1. The fourth-order valence-corrected chi connectivity index (χ4v) is 6.93. The summed E-state index contributed by atoms with van der Waals surface area (Å²) < 4.78 is 33.1. The van der Waals surface area contributed by atoms with E-state index in [1.807, 2.05) is 0 Å². The number of carbonyl (C=O) groups is 1. The number of rotatable bonds is 6. The Kier molecular flexibility index (Phi) is 6.83. The number of nitrogens with zero attached hydrogens (tertiary/aromatic N) is 4. The molecule has 4 heterocycles. The fraction of sp³-hybridized carbons (Fsp3) is 0.538. The maximum atomic E-state index is 12.9. The van der Waals surface area contributed by atoms with Crippen molar-refractivity contribution in [2.24, 2.45) is 5.41 Å². The van der Waals surface area contributed by atoms with Gasteiger partial charge in [0.05, 0.1) is 5.41 Å². The molecule has 1 spiro atoms. The number of ether oxygens (including phenoxy) is 1. The highest BCUT2D eigenvalue weighted by Gasteiger charge is 2.51. The van der Waals surface area contributed by atoms with Crippen molar-refractivity contribution in [3.63, 3.8) is 0 Å². The van der Waals surface area contributed by atoms with Crippen LogP contribution in [0.2, 0.25) is 0 Å². The molecule has 188 valence electrons. The third-order valence-corrected chi connectivity index (χ3v) is 9.70. The number of pyridine rings is 1. The van der Waals surface area contributed by atoms with Crippen LogP contribution < -0.4 is 4.90 Å². The maximum absolute atomic E-state index is 12.9. The average Bonchev–Trinajstić information content (AvgIpc) is 3.18. The van der Waals surface area contributed by atoms with Gasteiger partial charge in [-0.3, -0.25) is 14.7 Å². The minimum absolute atomic E-state index is 0.0842. The Balaban J connectivity index is 1.10. The van der Waals surface area contributed by atoms with Crippen LogP contribution >= 0.6 is 0 Å². The van der Waals surface area contributed by atoms with Crippen molar-refractivity contribution in [2.75, 3.05) is 50.7 Å². The molecular formula is C26H34N4O4S. The molecule has 3 saturated heterocycles. The topological polar surface area (TPSA) is 83.0 Å². The van der Waals surface area contributed by atoms with E-state index in [9.17, 15) is 13.2 Å². The molecule has 9 heteroatoms. The van der Waals surface area contributed by atoms with Gasteiger partial charge in [0, 0.05) is 70.3 Å². The van der Waals surface area contributed by atoms with Gasteiger partial charge in [-0.1, -0.05) is 17.7 Å². The van der Waals surface area contributed by atoms with Crippen LogP contribution in [0.25, 0.3) is 0 Å². The first kappa shape index (κ1) is 24.2. The maximum Gasteiger partial charge on any atom is 0.312 e. The summed E-state index contributed by atoms with van der Waals surface area (Å²) in [5, 5.41) is 0. The molecule has 5 rings (SSSR count). The number of aromatic nitrogens is 1. The number of sulfonamides is 1. The highest BCUT2D eigenvalue weighted by molar-refractivity contribution is 7.89. The molecule has 1 aromatic heterocycles. The first-order valence-electron chi connectivity index (χ1n) is 12.5. The number of anilines is 1. The molecule has 35 heavy (non-hydrogen) atoms. The van der Waals surface area contributed by atoms with Crippen molar-refractivity contribution in [2.45, 2.75) is 43.6 Å². The van der Waals surface area contributed by atoms with Crippen molar-refractivity contribution >= 4 is 21.7 Å². The standard InChI is InChI=1S/C26H34N4O4S/c1-21-4-6-22(7-5-21)29-17-15-28(16-18-29)12-8-23-19-26(25(31)34-23)9-13-30(14-10-26)35(32,33)24-3-2-11-27-20-24/h2-7,11,20,23H,8-10,12-19H2,1H3/t23-/m0/s1. The lowest BCUT2D eigenvalue weighted by molar-refractivity contribution is -0.150. The van der Waals surface area contributed by atoms with E-state index < -0.39 is 15.4 Å². The number of piperidine rings is 1. The summed E-state index contributed by atoms with van der Waals surface area (Å²) in [7, 11) is -3.58. The highest BCUT2D eigenvalue weighted by Crippen LogP contribution is 2.44. The van der Waals surface area contributed by atoms with Crippen molar-refractivity contribution < 1.29 is 17.9 Å². The molecule has 1 aromatic carbocycles. The van der Waals surface area contributed by atoms with Crippen molar-refractivity contribution in [1.82, 2.24) is 14.2 Å². The third-order valence-electron chi connectivity index (χ3n) is 7.82. The van der Waals surface area contributed by atoms with E-state index >= 15 is 0 Å². The van der Waals surface area contributed by atoms with Gasteiger partial charge in [-0.05, 0) is 50.5 Å². The summed E-state index contributed by atoms with van der Waals surface area (Å²) in [6.07, 6.45) is 5.39. The van der Waals surface area contributed by atoms with Gasteiger partial charge < -0.3 is 9.64 Å². The second kappa shape index (κ2) is 9.87. The number of cyclic esters (lactones) is 1. The van der Waals surface area contributed by atoms with E-state index in [0.29, 0.717) is 32.4 Å². The number of benzene rings is 1. The predicted octanol–water partition coefficient (Wildman–Crippen LogP) is 2.69. The lowest BCUT2D eigenvalue weighted by atomic mass is 9.76. The molecular weight excluding hydrogens is 464 g/mol. The van der Waals surface area contributed by atoms with Crippen LogP contribution in [0, 0.1) is 12.3 Å². The predicted molar refractivity (Wildman–Crippen MR) is 134 cm³/mol. The fourth-order valence-electron chi connectivity index (χ4n) is 5.52. The molecule has 0 bridgehead atoms. The highest BCUT2D eigenvalue weighted by atomic mass is 32.2. The summed E-state index contributed by atoms with van der Waals surface area (Å²) in [6, 6.07) is 11.9. The second-order valence-corrected chi connectivity index (χ2v) is 12.0. The number of hydrogen-bond donors (Lipinski definition) is 0. The van der Waals surface area contributed by atoms with E-state index in [0.717, 1.165) is 39.1 Å². The second-order valence-electron chi connectivity index (χ2n) is 10.1. The van der Waals surface area contributed by atoms with E-state index in [1.54, 1.807) is 18.3 Å². The van der Waals surface area contributed by atoms with E-state index in [1.165, 1.54) is 21.8 Å². The Morgan fingerprint density at radius 1 is 1.03 bits per heavy atom. The number of hydrogen-bond acceptors (Lipinski definition) is 7. The van der Waals surface area contributed by atoms with Gasteiger partial charge >= 0.3 is 5.97 Å². The van der Waals surface area contributed by atoms with Gasteiger partial charge in [0.15, 0.2) is 0 Å². The van der Waals surface area contributed by atoms with Crippen molar-refractivity contribution in [3.05, 3.63) is 54.4 Å². The zero-order chi connectivity index (χ0) is 24.5. The third kappa shape index (κ3) is 5.08. The van der Waals surface area contributed by atoms with E-state index in [2.05, 4.69) is 46.0 Å². The monoisotopic (exact) mass is 498 g/mol. The van der Waals surface area contributed by atoms with E-state index in [4.69, 9.17) is 4.74 Å². The van der Waals surface area contributed by atoms with Gasteiger partial charge in [-0.15, -0.1) is 0 Å². The molecule has 1 atom stereocenters. The molecule has 0 saturated carbocycles. The van der Waals surface area contributed by atoms with Crippen molar-refractivity contribution in [1.29, 1.82) is 0 Å². The first-order valence-corrected chi connectivity index (χ1v) is 14.0. The van der Waals surface area contributed by atoms with Gasteiger partial charge in [0.2, 0.25) is 10.0 Å². The Morgan fingerprint density at radius 3 is 2.40 bits per heavy atom. The molecule has 0 aliphatic carbocycles. The smallest absolute Gasteiger partial charge is 0.312 e. The average molecular weight is 499 g/mol. The number of piperazine rings is 1. The summed E-state index contributed by atoms with van der Waals surface area (Å²) >= 11 is 0. The Hall–Kier alpha value is -2.49. The molecule has 3 fully saturated rings. The molecule has 0 radical (unpaired) electrons. The quantitative estimate of drug-likeness (QED) is 0.567. The van der Waals surface area contributed by atoms with Gasteiger partial charge in [0.1, 0.15) is 11.0 Å². The Morgan fingerprint density at radius 2 is 1.74 bits per heavy atom. The molecule has 0 amide bonds. The minimum Gasteiger partial charge on any atom is -0.462 e. The molecule has 0 N–H and O–H groups in total. The van der Waals surface area contributed by atoms with Crippen LogP contribution in [-0.4, -0.2) is 80.5 Å². The summed E-state index contributed by atoms with van der Waals surface area (Å²) in [5.41, 5.74) is 2.01. The number of esters is 1. The van der Waals surface area contributed by atoms with Crippen LogP contribution in [0.15, 0.2) is 53.7 Å². The summed E-state index contributed by atoms with van der Waals surface area (Å²) in [5.74, 6) is -0.148. The summed E-state index contributed by atoms with van der Waals surface area (Å²) in [6.45, 7) is 7.69. The Bertz CT molecular complexity index is 1120. The molecule has 3 aliphatic rings. The van der Waals surface area contributed by atoms with Crippen LogP contribution in [0.4, 0.5) is 5.69 Å². The molecule has 3 aliphatic heterocycles. The Labute approximate surface area is 207 Å². The van der Waals surface area contributed by atoms with Crippen LogP contribution in [0.3, 0.4) is 0 Å². The van der Waals surface area contributed by atoms with E-state index in [-0.39, 0.29) is 17.0 Å². The zero-order valence-electron chi connectivity index (χ0n) is 20.3. The van der Waals surface area contributed by atoms with Crippen molar-refractivity contribution in [3.8, 4) is 0 Å². The van der Waals surface area contributed by atoms with Crippen LogP contribution in [-0.2, 0) is 19.6 Å². The van der Waals surface area contributed by atoms with Gasteiger partial charge in [-0.25, -0.2) is 8.42 Å². The van der Waals surface area contributed by atoms with Gasteiger partial charge in [-0.2, -0.15) is 4.31 Å². The normalized spacial score (nSPS) is 23.5. The number of aryl methyl sites for hydroxylation is 1. The van der Waals surface area contributed by atoms with Crippen LogP contribution in [0.5, 0.6) is 0 Å². The lowest BCUT2D eigenvalue weighted by Gasteiger charge is -2.36. The SMILES string of the molecule is Cc1ccc(N2CCN(CC[C@H]3CC4(CCN(S(=O)(=O)c5cccnc5)CC4)C(=O)O3)CC2)cc1. The minimum atomic E-state index is -3.58. The molecule has 2 aromatic rings.